The lowest BCUT2D eigenvalue weighted by Crippen LogP contribution is -2.54. The second-order valence-electron chi connectivity index (χ2n) is 3.63. The largest absolute Gasteiger partial charge is 0.487 e. The normalized spacial score (nSPS) is 13.4. The first kappa shape index (κ1) is 15.4. The van der Waals surface area contributed by atoms with Gasteiger partial charge < -0.3 is 10.5 Å². The minimum atomic E-state index is -6.36. The van der Waals surface area contributed by atoms with Crippen molar-refractivity contribution in [3.05, 3.63) is 24.3 Å². The minimum absolute atomic E-state index is 0.250. The van der Waals surface area contributed by atoms with E-state index < -0.39 is 24.6 Å². The molecule has 0 aromatic heterocycles. The van der Waals surface area contributed by atoms with Crippen molar-refractivity contribution in [2.75, 3.05) is 12.3 Å². The Balaban J connectivity index is 2.78. The van der Waals surface area contributed by atoms with E-state index in [4.69, 9.17) is 5.73 Å². The summed E-state index contributed by atoms with van der Waals surface area (Å²) >= 11 is 0. The number of halogens is 7. The SMILES string of the molecule is Nc1ccc(OCC(F)(F)C(F)(F)C(F)(F)F)cc1. The second kappa shape index (κ2) is 4.78. The molecular weight excluding hydrogens is 283 g/mol. The Morgan fingerprint density at radius 2 is 1.37 bits per heavy atom. The Labute approximate surface area is 103 Å². The van der Waals surface area contributed by atoms with Gasteiger partial charge in [0, 0.05) is 5.69 Å². The van der Waals surface area contributed by atoms with Gasteiger partial charge in [0.05, 0.1) is 0 Å². The van der Waals surface area contributed by atoms with E-state index in [0.29, 0.717) is 0 Å². The average Bonchev–Trinajstić information content (AvgIpc) is 2.26. The van der Waals surface area contributed by atoms with Crippen LogP contribution < -0.4 is 10.5 Å². The molecule has 0 fully saturated rings. The van der Waals surface area contributed by atoms with Gasteiger partial charge >= 0.3 is 18.0 Å². The van der Waals surface area contributed by atoms with Crippen molar-refractivity contribution in [2.24, 2.45) is 0 Å². The molecule has 0 unspecified atom stereocenters. The average molecular weight is 291 g/mol. The van der Waals surface area contributed by atoms with Gasteiger partial charge in [-0.2, -0.15) is 30.7 Å². The summed E-state index contributed by atoms with van der Waals surface area (Å²) in [6.45, 7) is -2.11. The van der Waals surface area contributed by atoms with Gasteiger partial charge in [0.25, 0.3) is 0 Å². The topological polar surface area (TPSA) is 35.2 Å². The predicted molar refractivity (Wildman–Crippen MR) is 52.3 cm³/mol. The van der Waals surface area contributed by atoms with Crippen molar-refractivity contribution in [1.82, 2.24) is 0 Å². The predicted octanol–water partition coefficient (Wildman–Crippen LogP) is 3.48. The Morgan fingerprint density at radius 1 is 0.895 bits per heavy atom. The van der Waals surface area contributed by atoms with Gasteiger partial charge in [0.15, 0.2) is 6.61 Å². The fraction of sp³-hybridized carbons (Fsp3) is 0.400. The summed E-state index contributed by atoms with van der Waals surface area (Å²) in [6.07, 6.45) is -6.36. The smallest absolute Gasteiger partial charge is 0.460 e. The van der Waals surface area contributed by atoms with Crippen LogP contribution in [0.3, 0.4) is 0 Å². The van der Waals surface area contributed by atoms with E-state index in [1.165, 1.54) is 12.1 Å². The van der Waals surface area contributed by atoms with Crippen LogP contribution in [0.1, 0.15) is 0 Å². The third-order valence-corrected chi connectivity index (χ3v) is 2.12. The molecule has 0 amide bonds. The van der Waals surface area contributed by atoms with E-state index in [-0.39, 0.29) is 11.4 Å². The summed E-state index contributed by atoms with van der Waals surface area (Å²) in [6, 6.07) is 4.57. The van der Waals surface area contributed by atoms with Crippen LogP contribution in [0, 0.1) is 0 Å². The highest BCUT2D eigenvalue weighted by atomic mass is 19.4. The third-order valence-electron chi connectivity index (χ3n) is 2.12. The molecule has 2 N–H and O–H groups in total. The van der Waals surface area contributed by atoms with Crippen LogP contribution in [0.15, 0.2) is 24.3 Å². The highest BCUT2D eigenvalue weighted by molar-refractivity contribution is 5.41. The summed E-state index contributed by atoms with van der Waals surface area (Å²) in [5.41, 5.74) is 5.51. The summed E-state index contributed by atoms with van der Waals surface area (Å²) < 4.78 is 90.3. The molecule has 0 heterocycles. The van der Waals surface area contributed by atoms with E-state index in [1.54, 1.807) is 0 Å². The Morgan fingerprint density at radius 3 is 1.79 bits per heavy atom. The molecule has 0 radical (unpaired) electrons. The lowest BCUT2D eigenvalue weighted by Gasteiger charge is -2.27. The Kier molecular flexibility index (Phi) is 3.87. The molecule has 9 heteroatoms. The number of hydrogen-bond donors (Lipinski definition) is 1. The number of rotatable bonds is 4. The minimum Gasteiger partial charge on any atom is -0.487 e. The van der Waals surface area contributed by atoms with Gasteiger partial charge in [-0.15, -0.1) is 0 Å². The quantitative estimate of drug-likeness (QED) is 0.681. The summed E-state index contributed by atoms with van der Waals surface area (Å²) in [5.74, 6) is -11.9. The maximum absolute atomic E-state index is 12.8. The zero-order valence-corrected chi connectivity index (χ0v) is 9.15. The molecule has 0 saturated carbocycles. The van der Waals surface area contributed by atoms with Crippen LogP contribution >= 0.6 is 0 Å². The van der Waals surface area contributed by atoms with Crippen molar-refractivity contribution in [3.8, 4) is 5.75 Å². The van der Waals surface area contributed by atoms with Gasteiger partial charge in [-0.05, 0) is 24.3 Å². The molecule has 0 atom stereocenters. The van der Waals surface area contributed by atoms with E-state index in [9.17, 15) is 30.7 Å². The second-order valence-corrected chi connectivity index (χ2v) is 3.63. The standard InChI is InChI=1S/C10H8F7NO/c11-8(12,9(13,14)10(15,16)17)5-19-7-3-1-6(18)2-4-7/h1-4H,5,18H2. The lowest BCUT2D eigenvalue weighted by atomic mass is 10.2. The summed E-state index contributed by atoms with van der Waals surface area (Å²) in [5, 5.41) is 0. The maximum atomic E-state index is 12.8. The first-order valence-electron chi connectivity index (χ1n) is 4.78. The van der Waals surface area contributed by atoms with Crippen LogP contribution in [0.25, 0.3) is 0 Å². The molecule has 0 aliphatic heterocycles. The van der Waals surface area contributed by atoms with Crippen molar-refractivity contribution < 1.29 is 35.5 Å². The van der Waals surface area contributed by atoms with E-state index in [0.717, 1.165) is 12.1 Å². The summed E-state index contributed by atoms with van der Waals surface area (Å²) in [7, 11) is 0. The zero-order chi connectivity index (χ0) is 14.9. The number of benzene rings is 1. The van der Waals surface area contributed by atoms with Crippen molar-refractivity contribution in [3.63, 3.8) is 0 Å². The Hall–Kier alpha value is -1.67. The fourth-order valence-electron chi connectivity index (χ4n) is 1.04. The molecular formula is C10H8F7NO. The van der Waals surface area contributed by atoms with Crippen molar-refractivity contribution in [1.29, 1.82) is 0 Å². The van der Waals surface area contributed by atoms with Crippen LogP contribution in [0.5, 0.6) is 5.75 Å². The highest BCUT2D eigenvalue weighted by Crippen LogP contribution is 2.46. The molecule has 0 aliphatic carbocycles. The van der Waals surface area contributed by atoms with Crippen LogP contribution in [-0.2, 0) is 0 Å². The van der Waals surface area contributed by atoms with Gasteiger partial charge in [-0.3, -0.25) is 0 Å². The van der Waals surface area contributed by atoms with Crippen LogP contribution in [-0.4, -0.2) is 24.6 Å². The van der Waals surface area contributed by atoms with Crippen molar-refractivity contribution >= 4 is 5.69 Å². The molecule has 0 saturated heterocycles. The van der Waals surface area contributed by atoms with E-state index in [1.807, 2.05) is 0 Å². The third kappa shape index (κ3) is 3.21. The summed E-state index contributed by atoms with van der Waals surface area (Å²) in [4.78, 5) is 0. The number of nitrogens with two attached hydrogens (primary N) is 1. The zero-order valence-electron chi connectivity index (χ0n) is 9.15. The molecule has 0 bridgehead atoms. The molecule has 0 spiro atoms. The number of alkyl halides is 7. The molecule has 1 aromatic carbocycles. The van der Waals surface area contributed by atoms with Crippen LogP contribution in [0.2, 0.25) is 0 Å². The van der Waals surface area contributed by atoms with Crippen molar-refractivity contribution in [2.45, 2.75) is 18.0 Å². The first-order chi connectivity index (χ1) is 8.47. The number of nitrogen functional groups attached to an aromatic ring is 1. The van der Waals surface area contributed by atoms with Gasteiger partial charge in [0.2, 0.25) is 0 Å². The molecule has 1 aromatic rings. The van der Waals surface area contributed by atoms with Gasteiger partial charge in [-0.1, -0.05) is 0 Å². The van der Waals surface area contributed by atoms with Gasteiger partial charge in [0.1, 0.15) is 5.75 Å². The van der Waals surface area contributed by atoms with Gasteiger partial charge in [-0.25, -0.2) is 0 Å². The molecule has 2 nitrogen and oxygen atoms in total. The molecule has 19 heavy (non-hydrogen) atoms. The monoisotopic (exact) mass is 291 g/mol. The molecule has 1 rings (SSSR count). The fourth-order valence-corrected chi connectivity index (χ4v) is 1.04. The number of anilines is 1. The molecule has 0 aliphatic rings. The van der Waals surface area contributed by atoms with E-state index >= 15 is 0 Å². The number of ether oxygens (including phenoxy) is 1. The Bertz CT molecular complexity index is 426. The number of hydrogen-bond acceptors (Lipinski definition) is 2. The van der Waals surface area contributed by atoms with Crippen LogP contribution in [0.4, 0.5) is 36.4 Å². The highest BCUT2D eigenvalue weighted by Gasteiger charge is 2.73. The first-order valence-corrected chi connectivity index (χ1v) is 4.78. The van der Waals surface area contributed by atoms with E-state index in [2.05, 4.69) is 4.74 Å². The molecule has 108 valence electrons. The maximum Gasteiger partial charge on any atom is 0.460 e. The lowest BCUT2D eigenvalue weighted by molar-refractivity contribution is -0.358.